The first-order chi connectivity index (χ1) is 8.63. The van der Waals surface area contributed by atoms with Gasteiger partial charge in [0.1, 0.15) is 5.52 Å². The molecular weight excluding hydrogens is 364 g/mol. The molecule has 18 heavy (non-hydrogen) atoms. The SMILES string of the molecule is CNC(=O)COc1c(Br)cc(Br)c2cccnc12. The van der Waals surface area contributed by atoms with Gasteiger partial charge in [0.05, 0.1) is 4.47 Å². The molecule has 0 bridgehead atoms. The van der Waals surface area contributed by atoms with E-state index < -0.39 is 0 Å². The maximum atomic E-state index is 11.2. The van der Waals surface area contributed by atoms with Gasteiger partial charge in [0.15, 0.2) is 12.4 Å². The van der Waals surface area contributed by atoms with Crippen LogP contribution in [0.2, 0.25) is 0 Å². The zero-order valence-corrected chi connectivity index (χ0v) is 12.7. The monoisotopic (exact) mass is 372 g/mol. The molecule has 94 valence electrons. The summed E-state index contributed by atoms with van der Waals surface area (Å²) < 4.78 is 7.19. The lowest BCUT2D eigenvalue weighted by molar-refractivity contribution is -0.122. The molecule has 0 saturated carbocycles. The van der Waals surface area contributed by atoms with Gasteiger partial charge < -0.3 is 10.1 Å². The second-order valence-electron chi connectivity index (χ2n) is 3.53. The fourth-order valence-corrected chi connectivity index (χ4v) is 2.88. The molecule has 0 aliphatic heterocycles. The highest BCUT2D eigenvalue weighted by Crippen LogP contribution is 2.37. The van der Waals surface area contributed by atoms with E-state index in [2.05, 4.69) is 42.2 Å². The van der Waals surface area contributed by atoms with E-state index in [1.54, 1.807) is 13.2 Å². The second kappa shape index (κ2) is 5.67. The second-order valence-corrected chi connectivity index (χ2v) is 5.24. The average Bonchev–Trinajstić information content (AvgIpc) is 2.38. The summed E-state index contributed by atoms with van der Waals surface area (Å²) in [5.41, 5.74) is 0.711. The van der Waals surface area contributed by atoms with Crippen LogP contribution in [0.3, 0.4) is 0 Å². The highest BCUT2D eigenvalue weighted by Gasteiger charge is 2.12. The number of carbonyl (C=O) groups is 1. The molecule has 6 heteroatoms. The predicted molar refractivity (Wildman–Crippen MR) is 76.7 cm³/mol. The number of hydrogen-bond acceptors (Lipinski definition) is 3. The fraction of sp³-hybridized carbons (Fsp3) is 0.167. The van der Waals surface area contributed by atoms with Crippen molar-refractivity contribution in [1.82, 2.24) is 10.3 Å². The van der Waals surface area contributed by atoms with E-state index in [1.807, 2.05) is 18.2 Å². The smallest absolute Gasteiger partial charge is 0.257 e. The Bertz CT molecular complexity index is 602. The van der Waals surface area contributed by atoms with Crippen LogP contribution >= 0.6 is 31.9 Å². The number of likely N-dealkylation sites (N-methyl/N-ethyl adjacent to an activating group) is 1. The lowest BCUT2D eigenvalue weighted by atomic mass is 10.2. The van der Waals surface area contributed by atoms with Crippen molar-refractivity contribution in [2.45, 2.75) is 0 Å². The minimum Gasteiger partial charge on any atom is -0.480 e. The van der Waals surface area contributed by atoms with Gasteiger partial charge in [0.25, 0.3) is 5.91 Å². The molecule has 1 amide bonds. The standard InChI is InChI=1S/C12H10Br2N2O2/c1-15-10(17)6-18-12-9(14)5-8(13)7-3-2-4-16-11(7)12/h2-5H,6H2,1H3,(H,15,17). The Labute approximate surface area is 121 Å². The van der Waals surface area contributed by atoms with Crippen molar-refractivity contribution >= 4 is 48.7 Å². The summed E-state index contributed by atoms with van der Waals surface area (Å²) in [6, 6.07) is 5.67. The molecule has 2 aromatic rings. The van der Waals surface area contributed by atoms with Gasteiger partial charge in [-0.1, -0.05) is 22.0 Å². The zero-order valence-electron chi connectivity index (χ0n) is 9.54. The Kier molecular flexibility index (Phi) is 4.19. The first-order valence-electron chi connectivity index (χ1n) is 5.19. The third-order valence-electron chi connectivity index (χ3n) is 2.38. The molecule has 4 nitrogen and oxygen atoms in total. The fourth-order valence-electron chi connectivity index (χ4n) is 1.49. The van der Waals surface area contributed by atoms with Crippen molar-refractivity contribution in [3.8, 4) is 5.75 Å². The van der Waals surface area contributed by atoms with Crippen molar-refractivity contribution in [2.75, 3.05) is 13.7 Å². The van der Waals surface area contributed by atoms with Crippen LogP contribution in [0.4, 0.5) is 0 Å². The number of ether oxygens (including phenoxy) is 1. The van der Waals surface area contributed by atoms with E-state index in [0.717, 1.165) is 14.3 Å². The third kappa shape index (κ3) is 2.64. The van der Waals surface area contributed by atoms with E-state index in [9.17, 15) is 4.79 Å². The largest absolute Gasteiger partial charge is 0.480 e. The summed E-state index contributed by atoms with van der Waals surface area (Å²) in [6.45, 7) is -0.0393. The van der Waals surface area contributed by atoms with E-state index >= 15 is 0 Å². The lowest BCUT2D eigenvalue weighted by Crippen LogP contribution is -2.25. The van der Waals surface area contributed by atoms with Crippen molar-refractivity contribution in [1.29, 1.82) is 0 Å². The van der Waals surface area contributed by atoms with Crippen LogP contribution in [0, 0.1) is 0 Å². The van der Waals surface area contributed by atoms with Gasteiger partial charge >= 0.3 is 0 Å². The number of benzene rings is 1. The number of halogens is 2. The number of nitrogens with zero attached hydrogens (tertiary/aromatic N) is 1. The summed E-state index contributed by atoms with van der Waals surface area (Å²) in [4.78, 5) is 15.5. The number of aromatic nitrogens is 1. The Morgan fingerprint density at radius 1 is 1.44 bits per heavy atom. The highest BCUT2D eigenvalue weighted by molar-refractivity contribution is 9.11. The highest BCUT2D eigenvalue weighted by atomic mass is 79.9. The van der Waals surface area contributed by atoms with Crippen LogP contribution in [0.5, 0.6) is 5.75 Å². The number of carbonyl (C=O) groups excluding carboxylic acids is 1. The van der Waals surface area contributed by atoms with E-state index in [-0.39, 0.29) is 12.5 Å². The van der Waals surface area contributed by atoms with Gasteiger partial charge in [-0.25, -0.2) is 0 Å². The molecule has 1 heterocycles. The quantitative estimate of drug-likeness (QED) is 0.899. The van der Waals surface area contributed by atoms with Crippen LogP contribution in [-0.2, 0) is 4.79 Å². The van der Waals surface area contributed by atoms with Crippen molar-refractivity contribution in [2.24, 2.45) is 0 Å². The first-order valence-corrected chi connectivity index (χ1v) is 6.78. The van der Waals surface area contributed by atoms with Gasteiger partial charge in [0.2, 0.25) is 0 Å². The average molecular weight is 374 g/mol. The van der Waals surface area contributed by atoms with Crippen LogP contribution in [0.1, 0.15) is 0 Å². The molecular formula is C12H10Br2N2O2. The predicted octanol–water partition coefficient (Wildman–Crippen LogP) is 2.88. The molecule has 1 N–H and O–H groups in total. The molecule has 0 aliphatic rings. The summed E-state index contributed by atoms with van der Waals surface area (Å²) in [7, 11) is 1.57. The molecule has 0 spiro atoms. The Morgan fingerprint density at radius 2 is 2.22 bits per heavy atom. The Balaban J connectivity index is 2.46. The topological polar surface area (TPSA) is 51.2 Å². The number of pyridine rings is 1. The van der Waals surface area contributed by atoms with Gasteiger partial charge in [-0.3, -0.25) is 9.78 Å². The molecule has 0 aliphatic carbocycles. The van der Waals surface area contributed by atoms with E-state index in [4.69, 9.17) is 4.74 Å². The van der Waals surface area contributed by atoms with E-state index in [0.29, 0.717) is 11.3 Å². The molecule has 1 aromatic heterocycles. The van der Waals surface area contributed by atoms with Gasteiger partial charge in [0, 0.05) is 23.1 Å². The van der Waals surface area contributed by atoms with Gasteiger partial charge in [-0.15, -0.1) is 0 Å². The molecule has 0 fully saturated rings. The molecule has 2 rings (SSSR count). The van der Waals surface area contributed by atoms with Crippen LogP contribution in [0.25, 0.3) is 10.9 Å². The Morgan fingerprint density at radius 3 is 2.94 bits per heavy atom. The number of fused-ring (bicyclic) bond motifs is 1. The number of hydrogen-bond donors (Lipinski definition) is 1. The third-order valence-corrected chi connectivity index (χ3v) is 3.62. The zero-order chi connectivity index (χ0) is 13.1. The summed E-state index contributed by atoms with van der Waals surface area (Å²) in [5.74, 6) is 0.381. The maximum absolute atomic E-state index is 11.2. The van der Waals surface area contributed by atoms with Crippen LogP contribution < -0.4 is 10.1 Å². The van der Waals surface area contributed by atoms with Crippen molar-refractivity contribution < 1.29 is 9.53 Å². The normalized spacial score (nSPS) is 10.4. The minimum absolute atomic E-state index is 0.0393. The summed E-state index contributed by atoms with van der Waals surface area (Å²) in [6.07, 6.45) is 1.69. The van der Waals surface area contributed by atoms with Crippen LogP contribution in [0.15, 0.2) is 33.3 Å². The Hall–Kier alpha value is -1.14. The van der Waals surface area contributed by atoms with Crippen molar-refractivity contribution in [3.05, 3.63) is 33.3 Å². The number of rotatable bonds is 3. The number of nitrogens with one attached hydrogen (secondary N) is 1. The maximum Gasteiger partial charge on any atom is 0.257 e. The molecule has 0 radical (unpaired) electrons. The molecule has 1 aromatic carbocycles. The van der Waals surface area contributed by atoms with Crippen molar-refractivity contribution in [3.63, 3.8) is 0 Å². The molecule has 0 saturated heterocycles. The van der Waals surface area contributed by atoms with Crippen LogP contribution in [-0.4, -0.2) is 24.5 Å². The van der Waals surface area contributed by atoms with E-state index in [1.165, 1.54) is 0 Å². The van der Waals surface area contributed by atoms with Gasteiger partial charge in [-0.05, 0) is 28.1 Å². The molecule has 0 unspecified atom stereocenters. The first kappa shape index (κ1) is 13.3. The number of amides is 1. The summed E-state index contributed by atoms with van der Waals surface area (Å²) in [5, 5.41) is 3.44. The molecule has 0 atom stereocenters. The van der Waals surface area contributed by atoms with Gasteiger partial charge in [-0.2, -0.15) is 0 Å². The minimum atomic E-state index is -0.186. The summed E-state index contributed by atoms with van der Waals surface area (Å²) >= 11 is 6.88. The lowest BCUT2D eigenvalue weighted by Gasteiger charge is -2.11.